The number of aliphatic hydroxyl groups is 3. The van der Waals surface area contributed by atoms with Crippen molar-refractivity contribution in [1.29, 1.82) is 0 Å². The summed E-state index contributed by atoms with van der Waals surface area (Å²) >= 11 is 0. The van der Waals surface area contributed by atoms with Crippen LogP contribution < -0.4 is 10.6 Å². The van der Waals surface area contributed by atoms with Crippen LogP contribution >= 0.6 is 7.82 Å². The first kappa shape index (κ1) is 113. The third-order valence-corrected chi connectivity index (χ3v) is 24.7. The van der Waals surface area contributed by atoms with E-state index in [1.54, 1.807) is 0 Å². The smallest absolute Gasteiger partial charge is 0.470 e. The summed E-state index contributed by atoms with van der Waals surface area (Å²) in [6.07, 6.45) is 46.0. The van der Waals surface area contributed by atoms with Gasteiger partial charge >= 0.3 is 25.7 Å². The summed E-state index contributed by atoms with van der Waals surface area (Å²) in [7, 11) is -4.09. The van der Waals surface area contributed by atoms with Crippen molar-refractivity contribution in [3.05, 3.63) is 0 Å². The molecule has 0 aromatic carbocycles. The van der Waals surface area contributed by atoms with E-state index in [0.717, 1.165) is 167 Å². The minimum Gasteiger partial charge on any atom is -0.479 e. The normalized spacial score (nSPS) is 20.5. The van der Waals surface area contributed by atoms with Gasteiger partial charge in [-0.2, -0.15) is 0 Å². The van der Waals surface area contributed by atoms with Crippen LogP contribution in [0.25, 0.3) is 0 Å². The monoisotopic (exact) mass is 1730 g/mol. The highest BCUT2D eigenvalue weighted by atomic mass is 31.2. The average molecular weight is 1730 g/mol. The number of amides is 2. The standard InChI is InChI=1S/C96H183N2O21P/c1-8-14-20-26-32-38-39-45-51-56-62-68-86(103)115-80(66-60-54-48-42-35-29-23-17-11-4)71-73-113-93-89(98-85(102)75-81(67-61-55-49-43-36-30-24-18-12-5)116-87(104)69-63-57-50-44-37-31-25-19-13-6)96(118-83(76-111-7)91(93)119-120(108,109)110)114-77-82-90(105)92(112-72-70-78(99)64-58-52-46-40-33-27-21-15-9-2)88(94(117-82)95(106)107)97-84(101)74-79(100)65-59-53-47-41-34-28-22-16-10-3/h78-83,88-94,96,99-100,105H,8-77H2,1-7H3,(H,97,101)(H,98,102)(H,106,107)(H2,108,109,110)/t78-,79-,80-,81-,82-,83-,88-,89-,90-,91-,92-,93-,94+,96-/m1/s1. The Hall–Kier alpha value is -2.90. The van der Waals surface area contributed by atoms with Crippen molar-refractivity contribution >= 4 is 37.5 Å². The molecule has 2 heterocycles. The maximum absolute atomic E-state index is 15.2. The lowest BCUT2D eigenvalue weighted by Crippen LogP contribution is -2.68. The van der Waals surface area contributed by atoms with Gasteiger partial charge in [-0.05, 0) is 57.8 Å². The Morgan fingerprint density at radius 1 is 0.367 bits per heavy atom. The fraction of sp³-hybridized carbons (Fsp3) is 0.948. The number of esters is 2. The molecule has 2 aliphatic rings. The number of carbonyl (C=O) groups is 5. The molecule has 14 atom stereocenters. The van der Waals surface area contributed by atoms with Gasteiger partial charge in [-0.25, -0.2) is 9.36 Å². The van der Waals surface area contributed by atoms with Crippen molar-refractivity contribution in [3.63, 3.8) is 0 Å². The van der Waals surface area contributed by atoms with Crippen molar-refractivity contribution in [2.75, 3.05) is 33.5 Å². The molecule has 2 saturated heterocycles. The van der Waals surface area contributed by atoms with Crippen molar-refractivity contribution in [2.24, 2.45) is 0 Å². The van der Waals surface area contributed by atoms with Gasteiger partial charge in [0.2, 0.25) is 11.8 Å². The van der Waals surface area contributed by atoms with Crippen LogP contribution in [-0.2, 0) is 71.0 Å². The quantitative estimate of drug-likeness (QED) is 0.0159. The van der Waals surface area contributed by atoms with Gasteiger partial charge in [0.15, 0.2) is 12.4 Å². The summed E-state index contributed by atoms with van der Waals surface area (Å²) in [6, 6.07) is -3.05. The molecule has 120 heavy (non-hydrogen) atoms. The molecule has 0 saturated carbocycles. The summed E-state index contributed by atoms with van der Waals surface area (Å²) in [6.45, 7) is 11.8. The second-order valence-corrected chi connectivity index (χ2v) is 36.7. The molecule has 708 valence electrons. The fourth-order valence-corrected chi connectivity index (χ4v) is 17.5. The lowest BCUT2D eigenvalue weighted by molar-refractivity contribution is -0.290. The number of aliphatic carboxylic acids is 1. The first-order valence-corrected chi connectivity index (χ1v) is 51.4. The van der Waals surface area contributed by atoms with Crippen LogP contribution in [0.1, 0.15) is 465 Å². The number of rotatable bonds is 86. The van der Waals surface area contributed by atoms with E-state index in [9.17, 15) is 54.0 Å². The van der Waals surface area contributed by atoms with E-state index in [-0.39, 0.29) is 64.3 Å². The van der Waals surface area contributed by atoms with E-state index in [2.05, 4.69) is 52.2 Å². The van der Waals surface area contributed by atoms with Gasteiger partial charge in [-0.3, -0.25) is 23.7 Å². The highest BCUT2D eigenvalue weighted by Gasteiger charge is 2.54. The Morgan fingerprint density at radius 3 is 1.11 bits per heavy atom. The SMILES string of the molecule is CCCCCCCCCCCCCC(=O)O[C@H](CCCCCCCCCCC)CCO[C@@H]1[C@@H](NC(=O)C[C@@H](CCCCCCCCCCC)OC(=O)CCCCCCCCCCC)[C@H](OC[C@H]2O[C@H](C(=O)O)[C@H](NC(=O)C[C@H](O)CCCCCCCCCCC)[C@@H](OCC[C@H](O)CCCCCCCCCCC)[C@@H]2O)O[C@H](COC)[C@H]1OP(=O)(O)O. The predicted molar refractivity (Wildman–Crippen MR) is 480 cm³/mol. The molecule has 8 N–H and O–H groups in total. The molecular formula is C96H183N2O21P. The van der Waals surface area contributed by atoms with Gasteiger partial charge in [0, 0.05) is 33.0 Å². The molecule has 2 amide bonds. The molecule has 0 unspecified atom stereocenters. The highest BCUT2D eigenvalue weighted by Crippen LogP contribution is 2.43. The van der Waals surface area contributed by atoms with Crippen molar-refractivity contribution in [1.82, 2.24) is 10.6 Å². The van der Waals surface area contributed by atoms with Crippen LogP contribution in [0.2, 0.25) is 0 Å². The zero-order valence-corrected chi connectivity index (χ0v) is 78.2. The lowest BCUT2D eigenvalue weighted by atomic mass is 9.91. The highest BCUT2D eigenvalue weighted by molar-refractivity contribution is 7.46. The summed E-state index contributed by atoms with van der Waals surface area (Å²) in [4.78, 5) is 92.2. The van der Waals surface area contributed by atoms with Crippen LogP contribution in [0.3, 0.4) is 0 Å². The van der Waals surface area contributed by atoms with E-state index in [1.165, 1.54) is 174 Å². The number of aliphatic hydroxyl groups excluding tert-OH is 3. The van der Waals surface area contributed by atoms with Gasteiger partial charge in [0.25, 0.3) is 0 Å². The zero-order valence-electron chi connectivity index (χ0n) is 77.3. The van der Waals surface area contributed by atoms with Crippen LogP contribution in [0.4, 0.5) is 0 Å². The number of carbonyl (C=O) groups excluding carboxylic acids is 4. The Kier molecular flexibility index (Phi) is 72.9. The second kappa shape index (κ2) is 77.3. The van der Waals surface area contributed by atoms with Crippen molar-refractivity contribution < 1.29 is 101 Å². The molecular weight excluding hydrogens is 1550 g/mol. The van der Waals surface area contributed by atoms with Gasteiger partial charge in [-0.15, -0.1) is 0 Å². The number of carboxylic acids is 1. The van der Waals surface area contributed by atoms with Crippen molar-refractivity contribution in [2.45, 2.75) is 551 Å². The van der Waals surface area contributed by atoms with E-state index < -0.39 is 124 Å². The topological polar surface area (TPSA) is 331 Å². The Labute approximate surface area is 730 Å². The molecule has 0 spiro atoms. The van der Waals surface area contributed by atoms with Gasteiger partial charge in [0.1, 0.15) is 54.9 Å². The number of phosphoric ester groups is 1. The lowest BCUT2D eigenvalue weighted by Gasteiger charge is -2.47. The Bertz CT molecular complexity index is 2470. The average Bonchev–Trinajstić information content (AvgIpc) is 0.782. The van der Waals surface area contributed by atoms with E-state index in [4.69, 9.17) is 42.4 Å². The first-order valence-electron chi connectivity index (χ1n) is 49.9. The van der Waals surface area contributed by atoms with Gasteiger partial charge in [-0.1, -0.05) is 375 Å². The minimum absolute atomic E-state index is 0.121. The molecule has 23 nitrogen and oxygen atoms in total. The summed E-state index contributed by atoms with van der Waals surface area (Å²) in [5, 5.41) is 52.0. The zero-order chi connectivity index (χ0) is 87.7. The van der Waals surface area contributed by atoms with E-state index in [1.807, 2.05) is 0 Å². The third kappa shape index (κ3) is 59.9. The molecule has 2 rings (SSSR count). The first-order chi connectivity index (χ1) is 58.2. The van der Waals surface area contributed by atoms with E-state index in [0.29, 0.717) is 51.4 Å². The van der Waals surface area contributed by atoms with Crippen LogP contribution in [0.15, 0.2) is 0 Å². The number of hydrogen-bond acceptors (Lipinski definition) is 18. The number of nitrogens with one attached hydrogen (secondary N) is 2. The number of hydrogen-bond donors (Lipinski definition) is 8. The number of phosphoric acid groups is 1. The summed E-state index contributed by atoms with van der Waals surface area (Å²) < 4.78 is 70.0. The number of carboxylic acid groups (broad SMARTS) is 1. The van der Waals surface area contributed by atoms with Crippen LogP contribution in [0, 0.1) is 0 Å². The van der Waals surface area contributed by atoms with Gasteiger partial charge in [0.05, 0.1) is 50.9 Å². The Balaban J connectivity index is 2.75. The molecule has 2 fully saturated rings. The van der Waals surface area contributed by atoms with Crippen LogP contribution in [0.5, 0.6) is 0 Å². The second-order valence-electron chi connectivity index (χ2n) is 35.5. The van der Waals surface area contributed by atoms with Gasteiger partial charge < -0.3 is 78.7 Å². The molecule has 0 aromatic rings. The van der Waals surface area contributed by atoms with Crippen LogP contribution in [-0.4, -0.2) is 179 Å². The number of unbranched alkanes of at least 4 members (excludes halogenated alkanes) is 50. The van der Waals surface area contributed by atoms with Crippen molar-refractivity contribution in [3.8, 4) is 0 Å². The maximum Gasteiger partial charge on any atom is 0.470 e. The number of ether oxygens (including phenoxy) is 8. The van der Waals surface area contributed by atoms with E-state index >= 15 is 4.79 Å². The molecule has 0 bridgehead atoms. The molecule has 0 aliphatic carbocycles. The molecule has 0 radical (unpaired) electrons. The number of methoxy groups -OCH3 is 1. The fourth-order valence-electron chi connectivity index (χ4n) is 16.9. The molecule has 2 aliphatic heterocycles. The largest absolute Gasteiger partial charge is 0.479 e. The minimum atomic E-state index is -5.45. The summed E-state index contributed by atoms with van der Waals surface area (Å²) in [5.41, 5.74) is 0. The predicted octanol–water partition coefficient (Wildman–Crippen LogP) is 22.2. The Morgan fingerprint density at radius 2 is 0.708 bits per heavy atom. The maximum atomic E-state index is 15.2. The molecule has 24 heteroatoms. The third-order valence-electron chi connectivity index (χ3n) is 24.2. The summed E-state index contributed by atoms with van der Waals surface area (Å²) in [5.74, 6) is -3.62. The molecule has 0 aromatic heterocycles.